The Morgan fingerprint density at radius 3 is 2.72 bits per heavy atom. The molecule has 136 valence electrons. The molecule has 6 heteroatoms. The number of allylic oxidation sites excluding steroid dienone is 1. The topological polar surface area (TPSA) is 81.9 Å². The summed E-state index contributed by atoms with van der Waals surface area (Å²) in [6.45, 7) is 4.17. The summed E-state index contributed by atoms with van der Waals surface area (Å²) >= 11 is 0. The van der Waals surface area contributed by atoms with Crippen LogP contribution in [0.3, 0.4) is 0 Å². The molecule has 1 aromatic carbocycles. The molecule has 2 N–H and O–H groups in total. The first kappa shape index (κ1) is 18.8. The number of likely N-dealkylation sites (tertiary alicyclic amines) is 1. The fourth-order valence-corrected chi connectivity index (χ4v) is 3.01. The third kappa shape index (κ3) is 4.75. The van der Waals surface area contributed by atoms with E-state index in [0.29, 0.717) is 18.0 Å². The number of piperidine rings is 1. The highest BCUT2D eigenvalue weighted by Gasteiger charge is 2.31. The van der Waals surface area contributed by atoms with Gasteiger partial charge in [-0.05, 0) is 44.4 Å². The lowest BCUT2D eigenvalue weighted by atomic mass is 9.93. The number of methoxy groups -OCH3 is 1. The number of hydrogen-bond acceptors (Lipinski definition) is 4. The lowest BCUT2D eigenvalue weighted by molar-refractivity contribution is -0.139. The summed E-state index contributed by atoms with van der Waals surface area (Å²) in [4.78, 5) is 25.6. The normalized spacial score (nSPS) is 20.5. The van der Waals surface area contributed by atoms with Crippen molar-refractivity contribution in [2.75, 3.05) is 20.3 Å². The number of benzene rings is 1. The van der Waals surface area contributed by atoms with Crippen LogP contribution < -0.4 is 15.2 Å². The van der Waals surface area contributed by atoms with Crippen molar-refractivity contribution in [1.29, 1.82) is 0 Å². The number of carbonyl (C=O) groups excluding carboxylic acids is 2. The van der Waals surface area contributed by atoms with Gasteiger partial charge in [-0.1, -0.05) is 18.2 Å². The predicted octanol–water partition coefficient (Wildman–Crippen LogP) is 2.22. The average Bonchev–Trinajstić information content (AvgIpc) is 2.60. The Labute approximate surface area is 148 Å². The minimum atomic E-state index is -0.355. The van der Waals surface area contributed by atoms with Gasteiger partial charge in [-0.2, -0.15) is 0 Å². The standard InChI is InChI=1S/C19H26N2O4/c1-4-5-14-7-9-16(17(10-14)24-3)25-12-18(22)21-11-15(19(20)23)8-6-13(21)2/h4-5,7,9-10,13,15H,6,8,11-12H2,1-3H3,(H2,20,23)/b5-4-/t13-,15+/m0/s1. The number of ether oxygens (including phenoxy) is 2. The van der Waals surface area contributed by atoms with Crippen molar-refractivity contribution in [2.24, 2.45) is 11.7 Å². The first-order valence-corrected chi connectivity index (χ1v) is 8.48. The Bertz CT molecular complexity index is 657. The van der Waals surface area contributed by atoms with Gasteiger partial charge in [0.15, 0.2) is 18.1 Å². The minimum Gasteiger partial charge on any atom is -0.493 e. The largest absolute Gasteiger partial charge is 0.493 e. The van der Waals surface area contributed by atoms with Crippen molar-refractivity contribution in [1.82, 2.24) is 4.90 Å². The van der Waals surface area contributed by atoms with Crippen molar-refractivity contribution in [3.05, 3.63) is 29.8 Å². The van der Waals surface area contributed by atoms with Gasteiger partial charge in [0, 0.05) is 12.6 Å². The number of primary amides is 1. The maximum atomic E-state index is 12.5. The van der Waals surface area contributed by atoms with Gasteiger partial charge in [-0.25, -0.2) is 0 Å². The molecule has 0 spiro atoms. The number of rotatable bonds is 6. The van der Waals surface area contributed by atoms with Crippen LogP contribution in [0.15, 0.2) is 24.3 Å². The average molecular weight is 346 g/mol. The predicted molar refractivity (Wildman–Crippen MR) is 96.3 cm³/mol. The van der Waals surface area contributed by atoms with Gasteiger partial charge in [-0.3, -0.25) is 9.59 Å². The molecular weight excluding hydrogens is 320 g/mol. The quantitative estimate of drug-likeness (QED) is 0.856. The van der Waals surface area contributed by atoms with Crippen LogP contribution in [0, 0.1) is 5.92 Å². The van der Waals surface area contributed by atoms with E-state index in [0.717, 1.165) is 18.4 Å². The summed E-state index contributed by atoms with van der Waals surface area (Å²) < 4.78 is 11.0. The molecule has 0 radical (unpaired) electrons. The molecule has 6 nitrogen and oxygen atoms in total. The lowest BCUT2D eigenvalue weighted by Crippen LogP contribution is -2.50. The van der Waals surface area contributed by atoms with E-state index in [1.54, 1.807) is 18.1 Å². The number of nitrogens with zero attached hydrogens (tertiary/aromatic N) is 1. The molecular formula is C19H26N2O4. The highest BCUT2D eigenvalue weighted by molar-refractivity contribution is 5.81. The number of nitrogens with two attached hydrogens (primary N) is 1. The second-order valence-corrected chi connectivity index (χ2v) is 6.27. The van der Waals surface area contributed by atoms with Gasteiger partial charge in [0.2, 0.25) is 5.91 Å². The lowest BCUT2D eigenvalue weighted by Gasteiger charge is -2.36. The van der Waals surface area contributed by atoms with Gasteiger partial charge < -0.3 is 20.1 Å². The summed E-state index contributed by atoms with van der Waals surface area (Å²) in [7, 11) is 1.56. The zero-order chi connectivity index (χ0) is 18.4. The molecule has 1 aliphatic rings. The molecule has 1 fully saturated rings. The summed E-state index contributed by atoms with van der Waals surface area (Å²) in [5.41, 5.74) is 6.38. The highest BCUT2D eigenvalue weighted by Crippen LogP contribution is 2.29. The fourth-order valence-electron chi connectivity index (χ4n) is 3.01. The minimum absolute atomic E-state index is 0.0747. The Morgan fingerprint density at radius 2 is 2.08 bits per heavy atom. The van der Waals surface area contributed by atoms with Crippen molar-refractivity contribution >= 4 is 17.9 Å². The zero-order valence-electron chi connectivity index (χ0n) is 15.0. The van der Waals surface area contributed by atoms with Crippen LogP contribution in [0.5, 0.6) is 11.5 Å². The van der Waals surface area contributed by atoms with Crippen LogP contribution in [-0.2, 0) is 9.59 Å². The molecule has 2 atom stereocenters. The second kappa shape index (κ2) is 8.55. The van der Waals surface area contributed by atoms with E-state index < -0.39 is 0 Å². The second-order valence-electron chi connectivity index (χ2n) is 6.27. The molecule has 0 saturated carbocycles. The van der Waals surface area contributed by atoms with E-state index in [1.165, 1.54) is 0 Å². The van der Waals surface area contributed by atoms with Crippen LogP contribution in [0.1, 0.15) is 32.3 Å². The molecule has 0 unspecified atom stereocenters. The molecule has 0 bridgehead atoms. The summed E-state index contributed by atoms with van der Waals surface area (Å²) in [6.07, 6.45) is 5.38. The maximum absolute atomic E-state index is 12.5. The summed E-state index contributed by atoms with van der Waals surface area (Å²) in [5.74, 6) is 0.296. The van der Waals surface area contributed by atoms with Crippen molar-refractivity contribution in [3.63, 3.8) is 0 Å². The first-order valence-electron chi connectivity index (χ1n) is 8.48. The van der Waals surface area contributed by atoms with Crippen LogP contribution >= 0.6 is 0 Å². The molecule has 0 aromatic heterocycles. The monoisotopic (exact) mass is 346 g/mol. The molecule has 1 saturated heterocycles. The van der Waals surface area contributed by atoms with E-state index in [9.17, 15) is 9.59 Å². The van der Waals surface area contributed by atoms with Crippen LogP contribution in [-0.4, -0.2) is 43.0 Å². The third-order valence-corrected chi connectivity index (χ3v) is 4.50. The van der Waals surface area contributed by atoms with E-state index in [-0.39, 0.29) is 30.4 Å². The number of hydrogen-bond donors (Lipinski definition) is 1. The molecule has 1 heterocycles. The van der Waals surface area contributed by atoms with E-state index in [2.05, 4.69) is 0 Å². The van der Waals surface area contributed by atoms with Crippen molar-refractivity contribution < 1.29 is 19.1 Å². The van der Waals surface area contributed by atoms with Gasteiger partial charge >= 0.3 is 0 Å². The summed E-state index contributed by atoms with van der Waals surface area (Å²) in [6, 6.07) is 5.61. The summed E-state index contributed by atoms with van der Waals surface area (Å²) in [5, 5.41) is 0. The van der Waals surface area contributed by atoms with Gasteiger partial charge in [0.1, 0.15) is 0 Å². The molecule has 1 aliphatic heterocycles. The zero-order valence-corrected chi connectivity index (χ0v) is 15.0. The molecule has 2 amide bonds. The highest BCUT2D eigenvalue weighted by atomic mass is 16.5. The molecule has 1 aromatic rings. The first-order chi connectivity index (χ1) is 12.0. The Hall–Kier alpha value is -2.50. The smallest absolute Gasteiger partial charge is 0.260 e. The van der Waals surface area contributed by atoms with Crippen LogP contribution in [0.2, 0.25) is 0 Å². The Balaban J connectivity index is 2.02. The van der Waals surface area contributed by atoms with Gasteiger partial charge in [-0.15, -0.1) is 0 Å². The van der Waals surface area contributed by atoms with Gasteiger partial charge in [0.05, 0.1) is 13.0 Å². The Kier molecular flexibility index (Phi) is 6.44. The van der Waals surface area contributed by atoms with Crippen LogP contribution in [0.25, 0.3) is 6.08 Å². The molecule has 2 rings (SSSR count). The molecule has 25 heavy (non-hydrogen) atoms. The number of carbonyl (C=O) groups is 2. The van der Waals surface area contributed by atoms with E-state index in [1.807, 2.05) is 38.1 Å². The van der Waals surface area contributed by atoms with Gasteiger partial charge in [0.25, 0.3) is 5.91 Å². The third-order valence-electron chi connectivity index (χ3n) is 4.50. The number of amides is 2. The maximum Gasteiger partial charge on any atom is 0.260 e. The van der Waals surface area contributed by atoms with E-state index in [4.69, 9.17) is 15.2 Å². The van der Waals surface area contributed by atoms with Crippen LogP contribution in [0.4, 0.5) is 0 Å². The van der Waals surface area contributed by atoms with Crippen molar-refractivity contribution in [3.8, 4) is 11.5 Å². The van der Waals surface area contributed by atoms with Crippen molar-refractivity contribution in [2.45, 2.75) is 32.7 Å². The molecule has 0 aliphatic carbocycles. The van der Waals surface area contributed by atoms with E-state index >= 15 is 0 Å². The fraction of sp³-hybridized carbons (Fsp3) is 0.474. The SMILES string of the molecule is C/C=C\c1ccc(OCC(=O)N2C[C@H](C(N)=O)CC[C@@H]2C)c(OC)c1. The Morgan fingerprint density at radius 1 is 1.32 bits per heavy atom.